The van der Waals surface area contributed by atoms with E-state index in [9.17, 15) is 4.79 Å². The SMILES string of the molecule is Cc1ccc(C(=O)N(C)CCC(C)Cl)cc1. The number of nitrogens with zero attached hydrogens (tertiary/aromatic N) is 1. The molecule has 1 aromatic carbocycles. The monoisotopic (exact) mass is 239 g/mol. The van der Waals surface area contributed by atoms with E-state index in [1.165, 1.54) is 0 Å². The maximum absolute atomic E-state index is 12.0. The Balaban J connectivity index is 2.60. The molecule has 1 amide bonds. The molecule has 2 nitrogen and oxygen atoms in total. The molecule has 0 N–H and O–H groups in total. The molecule has 0 bridgehead atoms. The van der Waals surface area contributed by atoms with Crippen LogP contribution in [0.1, 0.15) is 29.3 Å². The Hall–Kier alpha value is -1.02. The third-order valence-corrected chi connectivity index (χ3v) is 2.73. The van der Waals surface area contributed by atoms with Crippen molar-refractivity contribution in [1.29, 1.82) is 0 Å². The van der Waals surface area contributed by atoms with Crippen molar-refractivity contribution in [2.24, 2.45) is 0 Å². The molecule has 1 rings (SSSR count). The van der Waals surface area contributed by atoms with E-state index >= 15 is 0 Å². The van der Waals surface area contributed by atoms with Crippen molar-refractivity contribution in [3.05, 3.63) is 35.4 Å². The number of alkyl halides is 1. The smallest absolute Gasteiger partial charge is 0.253 e. The number of hydrogen-bond donors (Lipinski definition) is 0. The average molecular weight is 240 g/mol. The highest BCUT2D eigenvalue weighted by atomic mass is 35.5. The van der Waals surface area contributed by atoms with Crippen molar-refractivity contribution in [2.75, 3.05) is 13.6 Å². The Bertz CT molecular complexity index is 345. The number of carbonyl (C=O) groups is 1. The van der Waals surface area contributed by atoms with E-state index in [4.69, 9.17) is 11.6 Å². The minimum atomic E-state index is 0.0531. The summed E-state index contributed by atoms with van der Waals surface area (Å²) >= 11 is 5.86. The van der Waals surface area contributed by atoms with E-state index in [2.05, 4.69) is 0 Å². The third kappa shape index (κ3) is 3.86. The minimum Gasteiger partial charge on any atom is -0.342 e. The highest BCUT2D eigenvalue weighted by molar-refractivity contribution is 6.20. The van der Waals surface area contributed by atoms with Gasteiger partial charge in [0, 0.05) is 24.5 Å². The van der Waals surface area contributed by atoms with Gasteiger partial charge in [0.05, 0.1) is 0 Å². The fraction of sp³-hybridized carbons (Fsp3) is 0.462. The van der Waals surface area contributed by atoms with Gasteiger partial charge in [0.1, 0.15) is 0 Å². The van der Waals surface area contributed by atoms with Crippen molar-refractivity contribution < 1.29 is 4.79 Å². The zero-order valence-electron chi connectivity index (χ0n) is 10.0. The molecule has 16 heavy (non-hydrogen) atoms. The first kappa shape index (κ1) is 13.0. The minimum absolute atomic E-state index is 0.0531. The molecular formula is C13H18ClNO. The van der Waals surface area contributed by atoms with Crippen LogP contribution in [-0.4, -0.2) is 29.8 Å². The van der Waals surface area contributed by atoms with Crippen molar-refractivity contribution >= 4 is 17.5 Å². The van der Waals surface area contributed by atoms with Gasteiger partial charge in [-0.2, -0.15) is 0 Å². The summed E-state index contributed by atoms with van der Waals surface area (Å²) in [5.74, 6) is 0.0531. The summed E-state index contributed by atoms with van der Waals surface area (Å²) < 4.78 is 0. The van der Waals surface area contributed by atoms with E-state index in [0.29, 0.717) is 6.54 Å². The second-order valence-electron chi connectivity index (χ2n) is 4.16. The number of benzene rings is 1. The Morgan fingerprint density at radius 3 is 2.44 bits per heavy atom. The predicted octanol–water partition coefficient (Wildman–Crippen LogP) is 3.08. The summed E-state index contributed by atoms with van der Waals surface area (Å²) in [7, 11) is 1.81. The van der Waals surface area contributed by atoms with Crippen LogP contribution in [0.15, 0.2) is 24.3 Å². The van der Waals surface area contributed by atoms with Gasteiger partial charge in [-0.3, -0.25) is 4.79 Å². The van der Waals surface area contributed by atoms with Gasteiger partial charge in [-0.15, -0.1) is 11.6 Å². The molecule has 0 saturated carbocycles. The van der Waals surface area contributed by atoms with E-state index in [1.54, 1.807) is 4.90 Å². The molecule has 0 fully saturated rings. The molecule has 3 heteroatoms. The van der Waals surface area contributed by atoms with Crippen LogP contribution in [0.25, 0.3) is 0 Å². The van der Waals surface area contributed by atoms with Crippen LogP contribution in [0.4, 0.5) is 0 Å². The van der Waals surface area contributed by atoms with Crippen LogP contribution < -0.4 is 0 Å². The van der Waals surface area contributed by atoms with Gasteiger partial charge in [-0.1, -0.05) is 17.7 Å². The molecule has 0 saturated heterocycles. The Morgan fingerprint density at radius 1 is 1.38 bits per heavy atom. The van der Waals surface area contributed by atoms with Gasteiger partial charge in [0.15, 0.2) is 0 Å². The van der Waals surface area contributed by atoms with Crippen molar-refractivity contribution in [3.8, 4) is 0 Å². The van der Waals surface area contributed by atoms with Gasteiger partial charge < -0.3 is 4.90 Å². The lowest BCUT2D eigenvalue weighted by Gasteiger charge is -2.17. The fourth-order valence-corrected chi connectivity index (χ4v) is 1.49. The van der Waals surface area contributed by atoms with Crippen LogP contribution in [0.2, 0.25) is 0 Å². The maximum Gasteiger partial charge on any atom is 0.253 e. The molecule has 0 spiro atoms. The van der Waals surface area contributed by atoms with Crippen LogP contribution in [0.5, 0.6) is 0 Å². The average Bonchev–Trinajstić information content (AvgIpc) is 2.26. The molecule has 88 valence electrons. The van der Waals surface area contributed by atoms with Gasteiger partial charge in [0.25, 0.3) is 5.91 Å². The summed E-state index contributed by atoms with van der Waals surface area (Å²) in [5, 5.41) is 0.105. The number of aryl methyl sites for hydroxylation is 1. The van der Waals surface area contributed by atoms with Crippen molar-refractivity contribution in [2.45, 2.75) is 25.6 Å². The summed E-state index contributed by atoms with van der Waals surface area (Å²) in [6, 6.07) is 7.62. The maximum atomic E-state index is 12.0. The second kappa shape index (κ2) is 5.90. The number of amides is 1. The zero-order chi connectivity index (χ0) is 12.1. The standard InChI is InChI=1S/C13H18ClNO/c1-10-4-6-12(7-5-10)13(16)15(3)9-8-11(2)14/h4-7,11H,8-9H2,1-3H3. The second-order valence-corrected chi connectivity index (χ2v) is 4.91. The number of halogens is 1. The molecule has 1 atom stereocenters. The van der Waals surface area contributed by atoms with Gasteiger partial charge in [-0.25, -0.2) is 0 Å². The number of rotatable bonds is 4. The Kier molecular flexibility index (Phi) is 4.81. The van der Waals surface area contributed by atoms with Crippen LogP contribution in [0.3, 0.4) is 0 Å². The molecule has 0 aliphatic heterocycles. The predicted molar refractivity (Wildman–Crippen MR) is 68.1 cm³/mol. The lowest BCUT2D eigenvalue weighted by Crippen LogP contribution is -2.28. The number of carbonyl (C=O) groups excluding carboxylic acids is 1. The van der Waals surface area contributed by atoms with Crippen LogP contribution in [-0.2, 0) is 0 Å². The van der Waals surface area contributed by atoms with E-state index in [0.717, 1.165) is 17.5 Å². The largest absolute Gasteiger partial charge is 0.342 e. The molecule has 0 radical (unpaired) electrons. The molecule has 1 aromatic rings. The first-order valence-corrected chi connectivity index (χ1v) is 5.90. The molecule has 0 aromatic heterocycles. The van der Waals surface area contributed by atoms with Crippen LogP contribution in [0, 0.1) is 6.92 Å². The van der Waals surface area contributed by atoms with Crippen LogP contribution >= 0.6 is 11.6 Å². The molecule has 1 unspecified atom stereocenters. The highest BCUT2D eigenvalue weighted by Crippen LogP contribution is 2.08. The van der Waals surface area contributed by atoms with Gasteiger partial charge in [-0.05, 0) is 32.4 Å². The molecule has 0 heterocycles. The first-order valence-electron chi connectivity index (χ1n) is 5.47. The lowest BCUT2D eigenvalue weighted by molar-refractivity contribution is 0.0793. The Morgan fingerprint density at radius 2 is 1.94 bits per heavy atom. The third-order valence-electron chi connectivity index (χ3n) is 2.51. The zero-order valence-corrected chi connectivity index (χ0v) is 10.8. The van der Waals surface area contributed by atoms with Crippen molar-refractivity contribution in [1.82, 2.24) is 4.90 Å². The summed E-state index contributed by atoms with van der Waals surface area (Å²) in [6.45, 7) is 4.64. The van der Waals surface area contributed by atoms with Gasteiger partial charge in [0.2, 0.25) is 0 Å². The molecule has 0 aliphatic rings. The van der Waals surface area contributed by atoms with E-state index < -0.39 is 0 Å². The van der Waals surface area contributed by atoms with E-state index in [1.807, 2.05) is 45.2 Å². The van der Waals surface area contributed by atoms with Gasteiger partial charge >= 0.3 is 0 Å². The lowest BCUT2D eigenvalue weighted by atomic mass is 10.1. The van der Waals surface area contributed by atoms with E-state index in [-0.39, 0.29) is 11.3 Å². The summed E-state index contributed by atoms with van der Waals surface area (Å²) in [5.41, 5.74) is 1.89. The quantitative estimate of drug-likeness (QED) is 0.740. The molecular weight excluding hydrogens is 222 g/mol. The highest BCUT2D eigenvalue weighted by Gasteiger charge is 2.11. The Labute approximate surface area is 102 Å². The normalized spacial score (nSPS) is 12.2. The summed E-state index contributed by atoms with van der Waals surface area (Å²) in [6.07, 6.45) is 0.815. The topological polar surface area (TPSA) is 20.3 Å². The van der Waals surface area contributed by atoms with Crippen molar-refractivity contribution in [3.63, 3.8) is 0 Å². The number of hydrogen-bond acceptors (Lipinski definition) is 1. The fourth-order valence-electron chi connectivity index (χ4n) is 1.39. The summed E-state index contributed by atoms with van der Waals surface area (Å²) in [4.78, 5) is 13.7. The molecule has 0 aliphatic carbocycles. The first-order chi connectivity index (χ1) is 7.50.